The van der Waals surface area contributed by atoms with Gasteiger partial charge in [-0.05, 0) is 58.0 Å². The Morgan fingerprint density at radius 3 is 2.16 bits per heavy atom. The number of benzene rings is 2. The molecule has 1 N–H and O–H groups in total. The van der Waals surface area contributed by atoms with Gasteiger partial charge in [0.05, 0.1) is 6.42 Å². The predicted octanol–water partition coefficient (Wildman–Crippen LogP) is 3.50. The van der Waals surface area contributed by atoms with Crippen LogP contribution in [-0.2, 0) is 17.8 Å². The molecule has 0 aromatic heterocycles. The molecule has 0 aliphatic heterocycles. The van der Waals surface area contributed by atoms with Crippen LogP contribution in [0.3, 0.4) is 0 Å². The van der Waals surface area contributed by atoms with Gasteiger partial charge in [-0.15, -0.1) is 0 Å². The van der Waals surface area contributed by atoms with Crippen molar-refractivity contribution >= 4 is 28.6 Å². The Hall–Kier alpha value is -1.56. The molecule has 0 radical (unpaired) electrons. The minimum absolute atomic E-state index is 0.0538. The summed E-state index contributed by atoms with van der Waals surface area (Å²) in [4.78, 5) is 10.6. The molecule has 2 rings (SSSR count). The topological polar surface area (TPSA) is 46.5 Å². The first-order valence-electron chi connectivity index (χ1n) is 5.81. The van der Waals surface area contributed by atoms with Gasteiger partial charge in [-0.1, -0.05) is 24.3 Å². The SMILES string of the molecule is O=C(O)Cc1ccc(COc2ccc(I)cc2)cc1. The molecule has 0 spiro atoms. The van der Waals surface area contributed by atoms with Crippen molar-refractivity contribution in [2.45, 2.75) is 13.0 Å². The van der Waals surface area contributed by atoms with Crippen LogP contribution in [0.4, 0.5) is 0 Å². The fourth-order valence-corrected chi connectivity index (χ4v) is 1.99. The maximum atomic E-state index is 10.6. The van der Waals surface area contributed by atoms with Gasteiger partial charge in [0.15, 0.2) is 0 Å². The summed E-state index contributed by atoms with van der Waals surface area (Å²) in [6.45, 7) is 0.480. The number of halogens is 1. The Kier molecular flexibility index (Phi) is 4.79. The number of hydrogen-bond donors (Lipinski definition) is 1. The van der Waals surface area contributed by atoms with Gasteiger partial charge < -0.3 is 9.84 Å². The van der Waals surface area contributed by atoms with E-state index in [4.69, 9.17) is 9.84 Å². The summed E-state index contributed by atoms with van der Waals surface area (Å²) in [6, 6.07) is 15.3. The van der Waals surface area contributed by atoms with Gasteiger partial charge in [-0.3, -0.25) is 4.79 Å². The molecule has 0 aliphatic rings. The van der Waals surface area contributed by atoms with Crippen LogP contribution in [0.15, 0.2) is 48.5 Å². The second-order valence-corrected chi connectivity index (χ2v) is 5.38. The average molecular weight is 368 g/mol. The lowest BCUT2D eigenvalue weighted by Gasteiger charge is -2.07. The highest BCUT2D eigenvalue weighted by molar-refractivity contribution is 14.1. The summed E-state index contributed by atoms with van der Waals surface area (Å²) < 4.78 is 6.82. The van der Waals surface area contributed by atoms with E-state index in [-0.39, 0.29) is 6.42 Å². The summed E-state index contributed by atoms with van der Waals surface area (Å²) in [7, 11) is 0. The molecular formula is C15H13IO3. The zero-order valence-corrected chi connectivity index (χ0v) is 12.3. The fraction of sp³-hybridized carbons (Fsp3) is 0.133. The first-order valence-corrected chi connectivity index (χ1v) is 6.89. The lowest BCUT2D eigenvalue weighted by Crippen LogP contribution is -2.00. The highest BCUT2D eigenvalue weighted by Gasteiger charge is 2.01. The van der Waals surface area contributed by atoms with E-state index in [2.05, 4.69) is 22.6 Å². The van der Waals surface area contributed by atoms with Crippen molar-refractivity contribution in [3.8, 4) is 5.75 Å². The molecule has 3 nitrogen and oxygen atoms in total. The molecule has 0 saturated heterocycles. The maximum absolute atomic E-state index is 10.6. The number of ether oxygens (including phenoxy) is 1. The molecule has 2 aromatic rings. The smallest absolute Gasteiger partial charge is 0.307 e. The normalized spacial score (nSPS) is 10.2. The summed E-state index contributed by atoms with van der Waals surface area (Å²) >= 11 is 2.25. The minimum atomic E-state index is -0.817. The average Bonchev–Trinajstić information content (AvgIpc) is 2.39. The molecule has 0 fully saturated rings. The summed E-state index contributed by atoms with van der Waals surface area (Å²) in [6.07, 6.45) is 0.0538. The van der Waals surface area contributed by atoms with E-state index in [1.165, 1.54) is 3.57 Å². The Morgan fingerprint density at radius 2 is 1.58 bits per heavy atom. The molecule has 19 heavy (non-hydrogen) atoms. The zero-order valence-electron chi connectivity index (χ0n) is 10.2. The van der Waals surface area contributed by atoms with Crippen molar-refractivity contribution in [3.05, 3.63) is 63.2 Å². The summed E-state index contributed by atoms with van der Waals surface area (Å²) in [5.41, 5.74) is 1.82. The van der Waals surface area contributed by atoms with E-state index < -0.39 is 5.97 Å². The van der Waals surface area contributed by atoms with Crippen molar-refractivity contribution in [1.82, 2.24) is 0 Å². The first-order chi connectivity index (χ1) is 9.13. The van der Waals surface area contributed by atoms with Crippen LogP contribution in [0.25, 0.3) is 0 Å². The number of carbonyl (C=O) groups is 1. The third kappa shape index (κ3) is 4.55. The largest absolute Gasteiger partial charge is 0.489 e. The van der Waals surface area contributed by atoms with E-state index in [0.717, 1.165) is 16.9 Å². The Bertz CT molecular complexity index is 547. The quantitative estimate of drug-likeness (QED) is 0.822. The van der Waals surface area contributed by atoms with E-state index in [1.54, 1.807) is 0 Å². The van der Waals surface area contributed by atoms with Gasteiger partial charge in [0.1, 0.15) is 12.4 Å². The van der Waals surface area contributed by atoms with Crippen molar-refractivity contribution in [1.29, 1.82) is 0 Å². The van der Waals surface area contributed by atoms with Gasteiger partial charge in [0, 0.05) is 3.57 Å². The van der Waals surface area contributed by atoms with Crippen molar-refractivity contribution < 1.29 is 14.6 Å². The van der Waals surface area contributed by atoms with Gasteiger partial charge in [0.25, 0.3) is 0 Å². The summed E-state index contributed by atoms with van der Waals surface area (Å²) in [5.74, 6) is 0.0120. The van der Waals surface area contributed by atoms with Crippen LogP contribution in [-0.4, -0.2) is 11.1 Å². The molecule has 0 atom stereocenters. The minimum Gasteiger partial charge on any atom is -0.489 e. The van der Waals surface area contributed by atoms with E-state index in [0.29, 0.717) is 6.61 Å². The van der Waals surface area contributed by atoms with Crippen LogP contribution >= 0.6 is 22.6 Å². The molecule has 2 aromatic carbocycles. The van der Waals surface area contributed by atoms with Crippen LogP contribution in [0.1, 0.15) is 11.1 Å². The fourth-order valence-electron chi connectivity index (χ4n) is 1.63. The number of carboxylic acids is 1. The molecular weight excluding hydrogens is 355 g/mol. The van der Waals surface area contributed by atoms with Gasteiger partial charge >= 0.3 is 5.97 Å². The molecule has 4 heteroatoms. The monoisotopic (exact) mass is 368 g/mol. The van der Waals surface area contributed by atoms with E-state index in [9.17, 15) is 4.79 Å². The van der Waals surface area contributed by atoms with Crippen LogP contribution in [0, 0.1) is 3.57 Å². The van der Waals surface area contributed by atoms with E-state index in [1.807, 2.05) is 48.5 Å². The Morgan fingerprint density at radius 1 is 1.00 bits per heavy atom. The van der Waals surface area contributed by atoms with Crippen LogP contribution in [0.2, 0.25) is 0 Å². The zero-order chi connectivity index (χ0) is 13.7. The van der Waals surface area contributed by atoms with Gasteiger partial charge in [0.2, 0.25) is 0 Å². The number of aliphatic carboxylic acids is 1. The number of rotatable bonds is 5. The second kappa shape index (κ2) is 6.56. The van der Waals surface area contributed by atoms with Crippen LogP contribution in [0.5, 0.6) is 5.75 Å². The molecule has 0 amide bonds. The number of hydrogen-bond acceptors (Lipinski definition) is 2. The molecule has 0 saturated carbocycles. The molecule has 0 heterocycles. The maximum Gasteiger partial charge on any atom is 0.307 e. The third-order valence-corrected chi connectivity index (χ3v) is 3.32. The van der Waals surface area contributed by atoms with Crippen molar-refractivity contribution in [2.75, 3.05) is 0 Å². The van der Waals surface area contributed by atoms with E-state index >= 15 is 0 Å². The standard InChI is InChI=1S/C15H13IO3/c16-13-5-7-14(8-6-13)19-10-12-3-1-11(2-4-12)9-15(17)18/h1-8H,9-10H2,(H,17,18). The van der Waals surface area contributed by atoms with Crippen molar-refractivity contribution in [3.63, 3.8) is 0 Å². The molecule has 98 valence electrons. The molecule has 0 unspecified atom stereocenters. The highest BCUT2D eigenvalue weighted by atomic mass is 127. The Labute approximate surface area is 125 Å². The predicted molar refractivity (Wildman–Crippen MR) is 81.3 cm³/mol. The highest BCUT2D eigenvalue weighted by Crippen LogP contribution is 2.15. The molecule has 0 aliphatic carbocycles. The third-order valence-electron chi connectivity index (χ3n) is 2.60. The molecule has 0 bridgehead atoms. The summed E-state index contributed by atoms with van der Waals surface area (Å²) in [5, 5.41) is 8.69. The number of carboxylic acid groups (broad SMARTS) is 1. The Balaban J connectivity index is 1.92. The lowest BCUT2D eigenvalue weighted by molar-refractivity contribution is -0.136. The second-order valence-electron chi connectivity index (χ2n) is 4.13. The first kappa shape index (κ1) is 13.9. The van der Waals surface area contributed by atoms with Gasteiger partial charge in [-0.2, -0.15) is 0 Å². The van der Waals surface area contributed by atoms with Gasteiger partial charge in [-0.25, -0.2) is 0 Å². The van der Waals surface area contributed by atoms with Crippen molar-refractivity contribution in [2.24, 2.45) is 0 Å². The lowest BCUT2D eigenvalue weighted by atomic mass is 10.1. The van der Waals surface area contributed by atoms with Crippen LogP contribution < -0.4 is 4.74 Å².